The fourth-order valence-electron chi connectivity index (χ4n) is 3.17. The third-order valence-electron chi connectivity index (χ3n) is 5.03. The van der Waals surface area contributed by atoms with E-state index in [4.69, 9.17) is 30.5 Å². The number of rotatable bonds is 12. The minimum absolute atomic E-state index is 0.0533. The lowest BCUT2D eigenvalue weighted by Gasteiger charge is -2.26. The third kappa shape index (κ3) is 10.1. The molecule has 35 heavy (non-hydrogen) atoms. The average Bonchev–Trinajstić information content (AvgIpc) is 2.85. The standard InChI is InChI=1S/C25H30ClFO6.C2H6/c1-17(28)32-23(13-26)15-30-21-9-5-19(6-10-21)25(3,4)20-7-11-22(12-8-20)31-16-24(14-27)33-18(2)29;1-2/h5-12,23-24H,13-16H2,1-4H3;1-2H3. The summed E-state index contributed by atoms with van der Waals surface area (Å²) in [7, 11) is 0. The SMILES string of the molecule is CC.CC(=O)OC(CF)COc1ccc(C(C)(C)c2ccc(OCC(CCl)OC(C)=O)cc2)cc1. The zero-order valence-electron chi connectivity index (χ0n) is 21.3. The molecule has 0 aliphatic rings. The number of alkyl halides is 2. The number of carbonyl (C=O) groups excluding carboxylic acids is 2. The Bertz CT molecular complexity index is 825. The number of carbonyl (C=O) groups is 2. The molecule has 0 amide bonds. The van der Waals surface area contributed by atoms with Crippen LogP contribution in [0.5, 0.6) is 11.5 Å². The number of benzene rings is 2. The van der Waals surface area contributed by atoms with Crippen LogP contribution in [-0.2, 0) is 24.5 Å². The predicted molar refractivity (Wildman–Crippen MR) is 135 cm³/mol. The van der Waals surface area contributed by atoms with Crippen LogP contribution < -0.4 is 9.47 Å². The van der Waals surface area contributed by atoms with E-state index in [1.807, 2.05) is 50.2 Å². The van der Waals surface area contributed by atoms with Gasteiger partial charge >= 0.3 is 11.9 Å². The molecule has 2 aromatic carbocycles. The minimum Gasteiger partial charge on any atom is -0.490 e. The van der Waals surface area contributed by atoms with Crippen LogP contribution in [0.2, 0.25) is 0 Å². The molecule has 0 aliphatic heterocycles. The lowest BCUT2D eigenvalue weighted by atomic mass is 9.78. The van der Waals surface area contributed by atoms with Crippen LogP contribution in [-0.4, -0.2) is 49.9 Å². The van der Waals surface area contributed by atoms with Crippen LogP contribution in [0.25, 0.3) is 0 Å². The minimum atomic E-state index is -0.923. The molecule has 0 heterocycles. The Morgan fingerprint density at radius 2 is 1.17 bits per heavy atom. The summed E-state index contributed by atoms with van der Waals surface area (Å²) in [4.78, 5) is 22.1. The van der Waals surface area contributed by atoms with Crippen LogP contribution in [0.3, 0.4) is 0 Å². The van der Waals surface area contributed by atoms with E-state index in [0.717, 1.165) is 11.1 Å². The topological polar surface area (TPSA) is 71.1 Å². The lowest BCUT2D eigenvalue weighted by molar-refractivity contribution is -0.149. The smallest absolute Gasteiger partial charge is 0.303 e. The van der Waals surface area contributed by atoms with Crippen molar-refractivity contribution in [3.8, 4) is 11.5 Å². The molecule has 2 atom stereocenters. The molecule has 0 bridgehead atoms. The van der Waals surface area contributed by atoms with Crippen molar-refractivity contribution < 1.29 is 32.9 Å². The Kier molecular flexibility index (Phi) is 13.2. The molecule has 2 unspecified atom stereocenters. The van der Waals surface area contributed by atoms with Gasteiger partial charge in [-0.3, -0.25) is 9.59 Å². The van der Waals surface area contributed by atoms with E-state index < -0.39 is 30.8 Å². The normalized spacial score (nSPS) is 12.5. The summed E-state index contributed by atoms with van der Waals surface area (Å²) in [5.41, 5.74) is 1.83. The summed E-state index contributed by atoms with van der Waals surface area (Å²) in [6, 6.07) is 15.2. The van der Waals surface area contributed by atoms with E-state index in [1.165, 1.54) is 13.8 Å². The van der Waals surface area contributed by atoms with Gasteiger partial charge in [0.05, 0.1) is 5.88 Å². The first kappa shape index (κ1) is 30.2. The summed E-state index contributed by atoms with van der Waals surface area (Å²) in [6.45, 7) is 10.1. The first-order chi connectivity index (χ1) is 16.6. The summed E-state index contributed by atoms with van der Waals surface area (Å²) >= 11 is 5.80. The predicted octanol–water partition coefficient (Wildman–Crippen LogP) is 5.87. The van der Waals surface area contributed by atoms with Crippen molar-refractivity contribution in [2.24, 2.45) is 0 Å². The Morgan fingerprint density at radius 1 is 0.800 bits per heavy atom. The summed E-state index contributed by atoms with van der Waals surface area (Å²) in [5, 5.41) is 0. The molecule has 0 saturated heterocycles. The monoisotopic (exact) mass is 510 g/mol. The Morgan fingerprint density at radius 3 is 1.51 bits per heavy atom. The number of hydrogen-bond donors (Lipinski definition) is 0. The highest BCUT2D eigenvalue weighted by Crippen LogP contribution is 2.33. The second kappa shape index (κ2) is 15.2. The highest BCUT2D eigenvalue weighted by molar-refractivity contribution is 6.18. The van der Waals surface area contributed by atoms with E-state index in [9.17, 15) is 14.0 Å². The third-order valence-corrected chi connectivity index (χ3v) is 5.38. The quantitative estimate of drug-likeness (QED) is 0.263. The Balaban J connectivity index is 0.00000298. The van der Waals surface area contributed by atoms with E-state index in [2.05, 4.69) is 13.8 Å². The van der Waals surface area contributed by atoms with Gasteiger partial charge in [-0.1, -0.05) is 52.0 Å². The first-order valence-electron chi connectivity index (χ1n) is 11.6. The largest absolute Gasteiger partial charge is 0.490 e. The molecule has 6 nitrogen and oxygen atoms in total. The molecule has 0 aromatic heterocycles. The van der Waals surface area contributed by atoms with E-state index in [0.29, 0.717) is 11.5 Å². The van der Waals surface area contributed by atoms with Crippen molar-refractivity contribution in [3.63, 3.8) is 0 Å². The molecule has 0 aliphatic carbocycles. The van der Waals surface area contributed by atoms with Crippen molar-refractivity contribution in [2.75, 3.05) is 25.8 Å². The number of hydrogen-bond acceptors (Lipinski definition) is 6. The van der Waals surface area contributed by atoms with E-state index >= 15 is 0 Å². The van der Waals surface area contributed by atoms with Gasteiger partial charge in [0.15, 0.2) is 6.10 Å². The van der Waals surface area contributed by atoms with Gasteiger partial charge in [-0.15, -0.1) is 11.6 Å². The fraction of sp³-hybridized carbons (Fsp3) is 0.481. The van der Waals surface area contributed by atoms with Crippen molar-refractivity contribution >= 4 is 23.5 Å². The molecule has 0 saturated carbocycles. The average molecular weight is 511 g/mol. The molecule has 0 radical (unpaired) electrons. The van der Waals surface area contributed by atoms with E-state index in [-0.39, 0.29) is 24.5 Å². The molecule has 0 fully saturated rings. The van der Waals surface area contributed by atoms with Crippen LogP contribution in [0.1, 0.15) is 52.7 Å². The van der Waals surface area contributed by atoms with Crippen LogP contribution in [0.15, 0.2) is 48.5 Å². The zero-order valence-corrected chi connectivity index (χ0v) is 22.1. The molecule has 194 valence electrons. The van der Waals surface area contributed by atoms with Gasteiger partial charge in [-0.2, -0.15) is 0 Å². The first-order valence-corrected chi connectivity index (χ1v) is 12.1. The Labute approximate surface area is 212 Å². The molecule has 2 aromatic rings. The van der Waals surface area contributed by atoms with Crippen LogP contribution in [0, 0.1) is 0 Å². The van der Waals surface area contributed by atoms with Crippen molar-refractivity contribution in [1.82, 2.24) is 0 Å². The van der Waals surface area contributed by atoms with Crippen molar-refractivity contribution in [2.45, 2.75) is 59.2 Å². The van der Waals surface area contributed by atoms with Gasteiger partial charge in [0, 0.05) is 19.3 Å². The van der Waals surface area contributed by atoms with Crippen LogP contribution in [0.4, 0.5) is 4.39 Å². The van der Waals surface area contributed by atoms with Gasteiger partial charge in [0.25, 0.3) is 0 Å². The molecular formula is C27H36ClFO6. The zero-order chi connectivity index (χ0) is 26.4. The summed E-state index contributed by atoms with van der Waals surface area (Å²) < 4.78 is 34.1. The van der Waals surface area contributed by atoms with Gasteiger partial charge in [-0.25, -0.2) is 4.39 Å². The number of halogens is 2. The van der Waals surface area contributed by atoms with Gasteiger partial charge in [-0.05, 0) is 35.4 Å². The lowest BCUT2D eigenvalue weighted by Crippen LogP contribution is -2.26. The molecule has 0 spiro atoms. The molecule has 8 heteroatoms. The van der Waals surface area contributed by atoms with Gasteiger partial charge in [0.1, 0.15) is 37.5 Å². The summed E-state index contributed by atoms with van der Waals surface area (Å²) in [5.74, 6) is 0.423. The van der Waals surface area contributed by atoms with Crippen molar-refractivity contribution in [3.05, 3.63) is 59.7 Å². The highest BCUT2D eigenvalue weighted by atomic mass is 35.5. The maximum Gasteiger partial charge on any atom is 0.303 e. The molecule has 2 rings (SSSR count). The number of ether oxygens (including phenoxy) is 4. The highest BCUT2D eigenvalue weighted by Gasteiger charge is 2.23. The number of esters is 2. The Hall–Kier alpha value is -2.80. The van der Waals surface area contributed by atoms with Gasteiger partial charge in [0.2, 0.25) is 0 Å². The molecule has 0 N–H and O–H groups in total. The molecular weight excluding hydrogens is 475 g/mol. The summed E-state index contributed by atoms with van der Waals surface area (Å²) in [6.07, 6.45) is -1.43. The fourth-order valence-corrected chi connectivity index (χ4v) is 3.32. The van der Waals surface area contributed by atoms with Crippen LogP contribution >= 0.6 is 11.6 Å². The second-order valence-electron chi connectivity index (χ2n) is 8.07. The van der Waals surface area contributed by atoms with E-state index in [1.54, 1.807) is 12.1 Å². The van der Waals surface area contributed by atoms with Crippen molar-refractivity contribution in [1.29, 1.82) is 0 Å². The second-order valence-corrected chi connectivity index (χ2v) is 8.38. The maximum absolute atomic E-state index is 12.9. The van der Waals surface area contributed by atoms with Gasteiger partial charge < -0.3 is 18.9 Å². The maximum atomic E-state index is 12.9.